The fourth-order valence-electron chi connectivity index (χ4n) is 2.54. The predicted octanol–water partition coefficient (Wildman–Crippen LogP) is 3.73. The Labute approximate surface area is 117 Å². The number of nitrogens with two attached hydrogens (primary N) is 1. The third kappa shape index (κ3) is 2.17. The van der Waals surface area contributed by atoms with Gasteiger partial charge in [0, 0.05) is 17.8 Å². The summed E-state index contributed by atoms with van der Waals surface area (Å²) in [5, 5.41) is 2.14. The van der Waals surface area contributed by atoms with E-state index in [1.54, 1.807) is 12.3 Å². The minimum Gasteiger partial charge on any atom is -0.320 e. The zero-order chi connectivity index (χ0) is 14.1. The molecule has 0 spiro atoms. The van der Waals surface area contributed by atoms with Crippen molar-refractivity contribution in [2.75, 3.05) is 0 Å². The zero-order valence-electron chi connectivity index (χ0n) is 11.2. The number of pyridine rings is 1. The van der Waals surface area contributed by atoms with E-state index in [1.807, 2.05) is 37.4 Å². The number of aromatic nitrogens is 1. The van der Waals surface area contributed by atoms with Crippen LogP contribution in [-0.2, 0) is 0 Å². The fourth-order valence-corrected chi connectivity index (χ4v) is 2.54. The molecule has 0 aliphatic rings. The van der Waals surface area contributed by atoms with Crippen molar-refractivity contribution in [1.29, 1.82) is 0 Å². The molecule has 3 heteroatoms. The summed E-state index contributed by atoms with van der Waals surface area (Å²) < 4.78 is 13.2. The van der Waals surface area contributed by atoms with E-state index >= 15 is 0 Å². The number of aryl methyl sites for hydroxylation is 1. The van der Waals surface area contributed by atoms with E-state index in [0.717, 1.165) is 27.5 Å². The van der Waals surface area contributed by atoms with E-state index in [9.17, 15) is 4.39 Å². The second kappa shape index (κ2) is 5.02. The molecule has 2 N–H and O–H groups in total. The molecule has 0 bridgehead atoms. The van der Waals surface area contributed by atoms with Crippen LogP contribution >= 0.6 is 0 Å². The molecule has 20 heavy (non-hydrogen) atoms. The molecular weight excluding hydrogens is 251 g/mol. The molecule has 0 amide bonds. The minimum absolute atomic E-state index is 0.241. The highest BCUT2D eigenvalue weighted by molar-refractivity contribution is 5.85. The number of rotatable bonds is 2. The van der Waals surface area contributed by atoms with Crippen LogP contribution in [0.15, 0.2) is 54.9 Å². The van der Waals surface area contributed by atoms with Crippen molar-refractivity contribution in [1.82, 2.24) is 4.98 Å². The van der Waals surface area contributed by atoms with Crippen LogP contribution in [0.5, 0.6) is 0 Å². The molecule has 0 saturated heterocycles. The second-order valence-electron chi connectivity index (χ2n) is 4.93. The van der Waals surface area contributed by atoms with Crippen molar-refractivity contribution in [3.05, 3.63) is 77.4 Å². The summed E-state index contributed by atoms with van der Waals surface area (Å²) in [6.45, 7) is 1.87. The van der Waals surface area contributed by atoms with Crippen LogP contribution in [0.4, 0.5) is 4.39 Å². The minimum atomic E-state index is -0.311. The lowest BCUT2D eigenvalue weighted by atomic mass is 9.93. The molecule has 1 unspecified atom stereocenters. The zero-order valence-corrected chi connectivity index (χ0v) is 11.2. The average molecular weight is 266 g/mol. The van der Waals surface area contributed by atoms with Crippen molar-refractivity contribution in [2.24, 2.45) is 5.73 Å². The van der Waals surface area contributed by atoms with E-state index in [-0.39, 0.29) is 11.9 Å². The Balaban J connectivity index is 2.15. The van der Waals surface area contributed by atoms with Crippen molar-refractivity contribution in [2.45, 2.75) is 13.0 Å². The van der Waals surface area contributed by atoms with Crippen molar-refractivity contribution >= 4 is 10.8 Å². The van der Waals surface area contributed by atoms with Gasteiger partial charge in [-0.3, -0.25) is 4.98 Å². The normalized spacial score (nSPS) is 12.6. The first-order valence-electron chi connectivity index (χ1n) is 6.51. The van der Waals surface area contributed by atoms with Gasteiger partial charge in [0.15, 0.2) is 0 Å². The van der Waals surface area contributed by atoms with E-state index in [1.165, 1.54) is 12.1 Å². The number of benzene rings is 2. The lowest BCUT2D eigenvalue weighted by Crippen LogP contribution is -2.14. The van der Waals surface area contributed by atoms with Gasteiger partial charge >= 0.3 is 0 Å². The summed E-state index contributed by atoms with van der Waals surface area (Å²) >= 11 is 0. The Kier molecular flexibility index (Phi) is 3.20. The Morgan fingerprint density at radius 3 is 2.65 bits per heavy atom. The molecule has 0 radical (unpaired) electrons. The van der Waals surface area contributed by atoms with Gasteiger partial charge in [-0.2, -0.15) is 0 Å². The maximum absolute atomic E-state index is 13.2. The number of hydrogen-bond acceptors (Lipinski definition) is 2. The SMILES string of the molecule is Cc1cc(F)ccc1C(N)c1cncc2ccccc12. The highest BCUT2D eigenvalue weighted by Gasteiger charge is 2.14. The third-order valence-electron chi connectivity index (χ3n) is 3.60. The van der Waals surface area contributed by atoms with Crippen LogP contribution in [0.1, 0.15) is 22.7 Å². The summed E-state index contributed by atoms with van der Waals surface area (Å²) in [4.78, 5) is 4.25. The second-order valence-corrected chi connectivity index (χ2v) is 4.93. The number of fused-ring (bicyclic) bond motifs is 1. The van der Waals surface area contributed by atoms with Crippen LogP contribution < -0.4 is 5.73 Å². The highest BCUT2D eigenvalue weighted by Crippen LogP contribution is 2.28. The van der Waals surface area contributed by atoms with Crippen molar-refractivity contribution in [3.8, 4) is 0 Å². The molecule has 0 aliphatic carbocycles. The van der Waals surface area contributed by atoms with Crippen molar-refractivity contribution < 1.29 is 4.39 Å². The molecular formula is C17H15FN2. The van der Waals surface area contributed by atoms with Gasteiger partial charge in [-0.15, -0.1) is 0 Å². The molecule has 3 aromatic rings. The molecule has 0 saturated carbocycles. The molecule has 1 atom stereocenters. The lowest BCUT2D eigenvalue weighted by Gasteiger charge is -2.17. The standard InChI is InChI=1S/C17H15FN2/c1-11-8-13(18)6-7-14(11)17(19)16-10-20-9-12-4-2-3-5-15(12)16/h2-10,17H,19H2,1H3. The first-order chi connectivity index (χ1) is 9.66. The fraction of sp³-hybridized carbons (Fsp3) is 0.118. The highest BCUT2D eigenvalue weighted by atomic mass is 19.1. The van der Waals surface area contributed by atoms with Crippen LogP contribution in [0.25, 0.3) is 10.8 Å². The first-order valence-corrected chi connectivity index (χ1v) is 6.51. The topological polar surface area (TPSA) is 38.9 Å². The molecule has 1 aromatic heterocycles. The van der Waals surface area contributed by atoms with Gasteiger partial charge in [0.1, 0.15) is 5.82 Å². The largest absolute Gasteiger partial charge is 0.320 e. The van der Waals surface area contributed by atoms with E-state index in [0.29, 0.717) is 0 Å². The quantitative estimate of drug-likeness (QED) is 0.767. The molecule has 100 valence electrons. The van der Waals surface area contributed by atoms with Crippen molar-refractivity contribution in [3.63, 3.8) is 0 Å². The van der Waals surface area contributed by atoms with Crippen LogP contribution in [0.3, 0.4) is 0 Å². The lowest BCUT2D eigenvalue weighted by molar-refractivity contribution is 0.625. The maximum atomic E-state index is 13.2. The predicted molar refractivity (Wildman–Crippen MR) is 78.9 cm³/mol. The van der Waals surface area contributed by atoms with Gasteiger partial charge < -0.3 is 5.73 Å². The van der Waals surface area contributed by atoms with E-state index in [2.05, 4.69) is 4.98 Å². The summed E-state index contributed by atoms with van der Waals surface area (Å²) in [6, 6.07) is 12.4. The molecule has 2 nitrogen and oxygen atoms in total. The summed E-state index contributed by atoms with van der Waals surface area (Å²) in [6.07, 6.45) is 3.61. The van der Waals surface area contributed by atoms with Crippen LogP contribution in [0, 0.1) is 12.7 Å². The maximum Gasteiger partial charge on any atom is 0.123 e. The third-order valence-corrected chi connectivity index (χ3v) is 3.60. The summed E-state index contributed by atoms with van der Waals surface area (Å²) in [5.74, 6) is -0.241. The summed E-state index contributed by atoms with van der Waals surface area (Å²) in [5.41, 5.74) is 9.10. The van der Waals surface area contributed by atoms with E-state index in [4.69, 9.17) is 5.73 Å². The van der Waals surface area contributed by atoms with Gasteiger partial charge in [-0.25, -0.2) is 4.39 Å². The van der Waals surface area contributed by atoms with E-state index < -0.39 is 0 Å². The number of hydrogen-bond donors (Lipinski definition) is 1. The Hall–Kier alpha value is -2.26. The monoisotopic (exact) mass is 266 g/mol. The number of halogens is 1. The summed E-state index contributed by atoms with van der Waals surface area (Å²) in [7, 11) is 0. The van der Waals surface area contributed by atoms with Crippen LogP contribution in [-0.4, -0.2) is 4.98 Å². The van der Waals surface area contributed by atoms with Crippen LogP contribution in [0.2, 0.25) is 0 Å². The molecule has 0 aliphatic heterocycles. The molecule has 1 heterocycles. The molecule has 0 fully saturated rings. The first kappa shape index (κ1) is 12.8. The molecule has 2 aromatic carbocycles. The Morgan fingerprint density at radius 1 is 1.05 bits per heavy atom. The van der Waals surface area contributed by atoms with Gasteiger partial charge in [0.05, 0.1) is 6.04 Å². The van der Waals surface area contributed by atoms with Gasteiger partial charge in [-0.1, -0.05) is 30.3 Å². The van der Waals surface area contributed by atoms with Gasteiger partial charge in [0.2, 0.25) is 0 Å². The number of nitrogens with zero attached hydrogens (tertiary/aromatic N) is 1. The molecule has 3 rings (SSSR count). The average Bonchev–Trinajstić information content (AvgIpc) is 2.46. The van der Waals surface area contributed by atoms with Gasteiger partial charge in [-0.05, 0) is 41.1 Å². The Morgan fingerprint density at radius 2 is 1.85 bits per heavy atom. The smallest absolute Gasteiger partial charge is 0.123 e. The Bertz CT molecular complexity index is 763. The van der Waals surface area contributed by atoms with Gasteiger partial charge in [0.25, 0.3) is 0 Å².